The van der Waals surface area contributed by atoms with Crippen molar-refractivity contribution in [3.63, 3.8) is 0 Å². The maximum absolute atomic E-state index is 12.3. The zero-order valence-electron chi connectivity index (χ0n) is 14.4. The number of aromatic nitrogens is 2. The minimum Gasteiger partial charge on any atom is -0.497 e. The Kier molecular flexibility index (Phi) is 6.26. The minimum absolute atomic E-state index is 0.124. The molecule has 3 rings (SSSR count). The Morgan fingerprint density at radius 1 is 1.04 bits per heavy atom. The average molecular weight is 425 g/mol. The second kappa shape index (κ2) is 8.65. The van der Waals surface area contributed by atoms with Crippen molar-refractivity contribution in [1.82, 2.24) is 10.2 Å². The molecule has 0 amide bonds. The van der Waals surface area contributed by atoms with Gasteiger partial charge in [-0.05, 0) is 30.3 Å². The van der Waals surface area contributed by atoms with Gasteiger partial charge >= 0.3 is 0 Å². The van der Waals surface area contributed by atoms with Crippen molar-refractivity contribution >= 4 is 40.7 Å². The lowest BCUT2D eigenvalue weighted by Crippen LogP contribution is -2.02. The van der Waals surface area contributed by atoms with E-state index in [-0.39, 0.29) is 16.8 Å². The average Bonchev–Trinajstić information content (AvgIpc) is 3.16. The largest absolute Gasteiger partial charge is 0.497 e. The van der Waals surface area contributed by atoms with Crippen molar-refractivity contribution in [2.75, 3.05) is 20.0 Å². The molecule has 1 heterocycles. The highest BCUT2D eigenvalue weighted by atomic mass is 35.5. The number of nitrogens with zero attached hydrogens (tertiary/aromatic N) is 2. The third-order valence-corrected chi connectivity index (χ3v) is 5.13. The van der Waals surface area contributed by atoms with Gasteiger partial charge in [-0.15, -0.1) is 10.2 Å². The standard InChI is InChI=1S/C18H14Cl2N2O4S/c1-24-12-5-11(6-13(8-12)25-2)17-21-22-18(26-17)27-9-16(23)10-3-4-14(19)15(20)7-10/h3-8H,9H2,1-2H3. The van der Waals surface area contributed by atoms with Crippen molar-refractivity contribution < 1.29 is 18.7 Å². The Balaban J connectivity index is 1.71. The monoisotopic (exact) mass is 424 g/mol. The summed E-state index contributed by atoms with van der Waals surface area (Å²) in [5.74, 6) is 1.51. The molecule has 140 valence electrons. The van der Waals surface area contributed by atoms with E-state index in [9.17, 15) is 4.79 Å². The Morgan fingerprint density at radius 3 is 2.37 bits per heavy atom. The van der Waals surface area contributed by atoms with Crippen LogP contribution in [-0.4, -0.2) is 36.0 Å². The Morgan fingerprint density at radius 2 is 1.74 bits per heavy atom. The molecule has 0 radical (unpaired) electrons. The second-order valence-corrected chi connectivity index (χ2v) is 7.06. The van der Waals surface area contributed by atoms with Crippen molar-refractivity contribution in [3.05, 3.63) is 52.0 Å². The molecule has 0 saturated heterocycles. The molecule has 2 aromatic carbocycles. The number of carbonyl (C=O) groups excluding carboxylic acids is 1. The smallest absolute Gasteiger partial charge is 0.277 e. The summed E-state index contributed by atoms with van der Waals surface area (Å²) in [7, 11) is 3.12. The number of hydrogen-bond acceptors (Lipinski definition) is 7. The molecule has 3 aromatic rings. The van der Waals surface area contributed by atoms with Gasteiger partial charge in [0.1, 0.15) is 11.5 Å². The van der Waals surface area contributed by atoms with Gasteiger partial charge in [0.05, 0.1) is 30.0 Å². The van der Waals surface area contributed by atoms with Gasteiger partial charge in [-0.1, -0.05) is 35.0 Å². The number of ether oxygens (including phenoxy) is 2. The van der Waals surface area contributed by atoms with Crippen molar-refractivity contribution in [1.29, 1.82) is 0 Å². The summed E-state index contributed by atoms with van der Waals surface area (Å²) in [4.78, 5) is 12.3. The SMILES string of the molecule is COc1cc(OC)cc(-c2nnc(SCC(=O)c3ccc(Cl)c(Cl)c3)o2)c1. The van der Waals surface area contributed by atoms with Crippen LogP contribution in [0.2, 0.25) is 10.0 Å². The molecule has 1 aromatic heterocycles. The van der Waals surface area contributed by atoms with E-state index in [2.05, 4.69) is 10.2 Å². The van der Waals surface area contributed by atoms with E-state index in [4.69, 9.17) is 37.1 Å². The molecular weight excluding hydrogens is 411 g/mol. The fraction of sp³-hybridized carbons (Fsp3) is 0.167. The van der Waals surface area contributed by atoms with E-state index in [1.54, 1.807) is 44.6 Å². The quantitative estimate of drug-likeness (QED) is 0.388. The highest BCUT2D eigenvalue weighted by Crippen LogP contribution is 2.31. The van der Waals surface area contributed by atoms with Crippen LogP contribution in [-0.2, 0) is 0 Å². The van der Waals surface area contributed by atoms with Gasteiger partial charge in [-0.2, -0.15) is 0 Å². The summed E-state index contributed by atoms with van der Waals surface area (Å²) in [6.45, 7) is 0. The lowest BCUT2D eigenvalue weighted by Gasteiger charge is -2.05. The molecule has 27 heavy (non-hydrogen) atoms. The first-order chi connectivity index (χ1) is 13.0. The topological polar surface area (TPSA) is 74.5 Å². The predicted molar refractivity (Wildman–Crippen MR) is 104 cm³/mol. The minimum atomic E-state index is -0.124. The lowest BCUT2D eigenvalue weighted by atomic mass is 10.1. The van der Waals surface area contributed by atoms with Crippen LogP contribution in [0.3, 0.4) is 0 Å². The van der Waals surface area contributed by atoms with E-state index in [0.29, 0.717) is 38.6 Å². The van der Waals surface area contributed by atoms with E-state index >= 15 is 0 Å². The Bertz CT molecular complexity index is 955. The third-order valence-electron chi connectivity index (χ3n) is 3.57. The zero-order chi connectivity index (χ0) is 19.4. The summed E-state index contributed by atoms with van der Waals surface area (Å²) >= 11 is 12.9. The van der Waals surface area contributed by atoms with Gasteiger partial charge < -0.3 is 13.9 Å². The molecule has 0 aliphatic rings. The highest BCUT2D eigenvalue weighted by molar-refractivity contribution is 7.99. The van der Waals surface area contributed by atoms with Crippen molar-refractivity contribution in [2.24, 2.45) is 0 Å². The number of hydrogen-bond donors (Lipinski definition) is 0. The lowest BCUT2D eigenvalue weighted by molar-refractivity contribution is 0.102. The van der Waals surface area contributed by atoms with Crippen LogP contribution < -0.4 is 9.47 Å². The fourth-order valence-electron chi connectivity index (χ4n) is 2.20. The van der Waals surface area contributed by atoms with Gasteiger partial charge in [0.2, 0.25) is 5.89 Å². The highest BCUT2D eigenvalue weighted by Gasteiger charge is 2.15. The fourth-order valence-corrected chi connectivity index (χ4v) is 3.15. The maximum Gasteiger partial charge on any atom is 0.277 e. The third kappa shape index (κ3) is 4.74. The van der Waals surface area contributed by atoms with Crippen LogP contribution in [0.4, 0.5) is 0 Å². The predicted octanol–water partition coefficient (Wildman–Crippen LogP) is 5.04. The molecule has 0 unspecified atom stereocenters. The molecule has 9 heteroatoms. The summed E-state index contributed by atoms with van der Waals surface area (Å²) in [6, 6.07) is 10.00. The number of rotatable bonds is 7. The second-order valence-electron chi connectivity index (χ2n) is 5.32. The molecule has 0 aliphatic heterocycles. The molecule has 0 spiro atoms. The van der Waals surface area contributed by atoms with Crippen LogP contribution >= 0.6 is 35.0 Å². The zero-order valence-corrected chi connectivity index (χ0v) is 16.7. The maximum atomic E-state index is 12.3. The normalized spacial score (nSPS) is 10.7. The first kappa shape index (κ1) is 19.5. The number of benzene rings is 2. The van der Waals surface area contributed by atoms with Gasteiger partial charge in [0, 0.05) is 17.2 Å². The molecule has 0 bridgehead atoms. The number of halogens is 2. The Hall–Kier alpha value is -2.22. The number of ketones is 1. The van der Waals surface area contributed by atoms with Gasteiger partial charge in [0.15, 0.2) is 5.78 Å². The number of Topliss-reactive ketones (excluding diaryl/α,β-unsaturated/α-hetero) is 1. The van der Waals surface area contributed by atoms with Crippen LogP contribution in [0.25, 0.3) is 11.5 Å². The van der Waals surface area contributed by atoms with Crippen molar-refractivity contribution in [3.8, 4) is 23.0 Å². The van der Waals surface area contributed by atoms with Crippen molar-refractivity contribution in [2.45, 2.75) is 5.22 Å². The van der Waals surface area contributed by atoms with E-state index in [1.165, 1.54) is 6.07 Å². The molecular formula is C18H14Cl2N2O4S. The number of methoxy groups -OCH3 is 2. The van der Waals surface area contributed by atoms with Gasteiger partial charge in [-0.3, -0.25) is 4.79 Å². The number of thioether (sulfide) groups is 1. The molecule has 0 saturated carbocycles. The Labute approximate surface area is 169 Å². The molecule has 0 N–H and O–H groups in total. The molecule has 0 fully saturated rings. The summed E-state index contributed by atoms with van der Waals surface area (Å²) in [5, 5.41) is 8.99. The summed E-state index contributed by atoms with van der Waals surface area (Å²) in [6.07, 6.45) is 0. The molecule has 0 atom stereocenters. The van der Waals surface area contributed by atoms with E-state index < -0.39 is 0 Å². The first-order valence-corrected chi connectivity index (χ1v) is 9.42. The van der Waals surface area contributed by atoms with E-state index in [1.807, 2.05) is 0 Å². The molecule has 0 aliphatic carbocycles. The van der Waals surface area contributed by atoms with Gasteiger partial charge in [-0.25, -0.2) is 0 Å². The van der Waals surface area contributed by atoms with Gasteiger partial charge in [0.25, 0.3) is 5.22 Å². The summed E-state index contributed by atoms with van der Waals surface area (Å²) < 4.78 is 16.1. The molecule has 6 nitrogen and oxygen atoms in total. The summed E-state index contributed by atoms with van der Waals surface area (Å²) in [5.41, 5.74) is 1.12. The van der Waals surface area contributed by atoms with Crippen LogP contribution in [0.1, 0.15) is 10.4 Å². The van der Waals surface area contributed by atoms with Crippen LogP contribution in [0.5, 0.6) is 11.5 Å². The van der Waals surface area contributed by atoms with Crippen LogP contribution in [0, 0.1) is 0 Å². The van der Waals surface area contributed by atoms with E-state index in [0.717, 1.165) is 11.8 Å². The first-order valence-electron chi connectivity index (χ1n) is 7.68. The van der Waals surface area contributed by atoms with Crippen LogP contribution in [0.15, 0.2) is 46.0 Å². The number of carbonyl (C=O) groups is 1.